The highest BCUT2D eigenvalue weighted by atomic mass is 16.5. The molecule has 112 valence electrons. The quantitative estimate of drug-likeness (QED) is 0.700. The topological polar surface area (TPSA) is 58.6 Å². The molecule has 0 atom stereocenters. The molecule has 0 saturated carbocycles. The van der Waals surface area contributed by atoms with Crippen LogP contribution in [0.4, 0.5) is 4.79 Å². The Morgan fingerprint density at radius 3 is 2.64 bits per heavy atom. The van der Waals surface area contributed by atoms with E-state index in [1.165, 1.54) is 4.90 Å². The van der Waals surface area contributed by atoms with E-state index in [0.29, 0.717) is 18.1 Å². The van der Waals surface area contributed by atoms with Gasteiger partial charge in [0.25, 0.3) is 5.91 Å². The van der Waals surface area contributed by atoms with Gasteiger partial charge in [-0.15, -0.1) is 0 Å². The first-order chi connectivity index (χ1) is 10.6. The second-order valence-corrected chi connectivity index (χ2v) is 4.98. The highest BCUT2D eigenvalue weighted by molar-refractivity contribution is 6.14. The van der Waals surface area contributed by atoms with Gasteiger partial charge in [0.05, 0.1) is 6.61 Å². The molecule has 0 radical (unpaired) electrons. The Morgan fingerprint density at radius 2 is 1.95 bits per heavy atom. The maximum Gasteiger partial charge on any atom is 0.328 e. The molecule has 0 aromatic heterocycles. The molecule has 0 bridgehead atoms. The smallest absolute Gasteiger partial charge is 0.328 e. The van der Waals surface area contributed by atoms with Crippen LogP contribution in [0, 0.1) is 0 Å². The largest absolute Gasteiger partial charge is 0.493 e. The summed E-state index contributed by atoms with van der Waals surface area (Å²) in [5.41, 5.74) is 1.11. The second-order valence-electron chi connectivity index (χ2n) is 4.98. The molecule has 5 nitrogen and oxygen atoms in total. The van der Waals surface area contributed by atoms with Crippen LogP contribution < -0.4 is 10.1 Å². The number of fused-ring (bicyclic) bond motifs is 1. The summed E-state index contributed by atoms with van der Waals surface area (Å²) in [6.45, 7) is 2.43. The van der Waals surface area contributed by atoms with Crippen molar-refractivity contribution in [3.63, 3.8) is 0 Å². The van der Waals surface area contributed by atoms with Crippen LogP contribution in [-0.4, -0.2) is 30.5 Å². The minimum absolute atomic E-state index is 0.308. The van der Waals surface area contributed by atoms with E-state index in [2.05, 4.69) is 5.32 Å². The van der Waals surface area contributed by atoms with Gasteiger partial charge in [0.2, 0.25) is 0 Å². The average Bonchev–Trinajstić information content (AvgIpc) is 2.76. The summed E-state index contributed by atoms with van der Waals surface area (Å²) in [7, 11) is 1.57. The number of hydrogen-bond acceptors (Lipinski definition) is 3. The van der Waals surface area contributed by atoms with Crippen molar-refractivity contribution in [3.8, 4) is 5.75 Å². The summed E-state index contributed by atoms with van der Waals surface area (Å²) in [6, 6.07) is 11.3. The van der Waals surface area contributed by atoms with Crippen molar-refractivity contribution in [1.29, 1.82) is 0 Å². The third-order valence-electron chi connectivity index (χ3n) is 3.63. The van der Waals surface area contributed by atoms with E-state index in [0.717, 1.165) is 16.3 Å². The summed E-state index contributed by atoms with van der Waals surface area (Å²) in [6.07, 6.45) is 1.70. The van der Waals surface area contributed by atoms with Gasteiger partial charge in [-0.1, -0.05) is 30.3 Å². The molecule has 2 aromatic carbocycles. The standard InChI is InChI=1S/C17H16N2O3/c1-3-22-15-9-8-11-6-4-5-7-12(11)13(15)10-14-16(20)18-17(21)19(14)2/h4-10H,3H2,1-2H3,(H,18,20,21). The van der Waals surface area contributed by atoms with Crippen molar-refractivity contribution < 1.29 is 14.3 Å². The first kappa shape index (κ1) is 14.1. The van der Waals surface area contributed by atoms with Crippen molar-refractivity contribution in [3.05, 3.63) is 47.7 Å². The van der Waals surface area contributed by atoms with Crippen molar-refractivity contribution >= 4 is 28.8 Å². The Morgan fingerprint density at radius 1 is 1.18 bits per heavy atom. The fraction of sp³-hybridized carbons (Fsp3) is 0.176. The molecule has 22 heavy (non-hydrogen) atoms. The van der Waals surface area contributed by atoms with E-state index in [9.17, 15) is 9.59 Å². The number of ether oxygens (including phenoxy) is 1. The molecular formula is C17H16N2O3. The van der Waals surface area contributed by atoms with Crippen LogP contribution >= 0.6 is 0 Å². The minimum Gasteiger partial charge on any atom is -0.493 e. The number of benzene rings is 2. The summed E-state index contributed by atoms with van der Waals surface area (Å²) in [5.74, 6) is 0.289. The number of hydrogen-bond donors (Lipinski definition) is 1. The number of imide groups is 1. The number of amides is 3. The molecule has 0 spiro atoms. The third kappa shape index (κ3) is 2.30. The lowest BCUT2D eigenvalue weighted by Crippen LogP contribution is -2.24. The van der Waals surface area contributed by atoms with Gasteiger partial charge < -0.3 is 4.74 Å². The number of carbonyl (C=O) groups excluding carboxylic acids is 2. The van der Waals surface area contributed by atoms with Crippen LogP contribution in [0.25, 0.3) is 16.8 Å². The fourth-order valence-corrected chi connectivity index (χ4v) is 2.51. The van der Waals surface area contributed by atoms with Crippen molar-refractivity contribution in [2.45, 2.75) is 6.92 Å². The molecular weight excluding hydrogens is 280 g/mol. The molecule has 2 aromatic rings. The van der Waals surface area contributed by atoms with E-state index in [4.69, 9.17) is 4.74 Å². The second kappa shape index (κ2) is 5.52. The Hall–Kier alpha value is -2.82. The number of nitrogens with one attached hydrogen (secondary N) is 1. The number of carbonyl (C=O) groups is 2. The van der Waals surface area contributed by atoms with Gasteiger partial charge >= 0.3 is 6.03 Å². The number of rotatable bonds is 3. The van der Waals surface area contributed by atoms with Crippen LogP contribution in [0.3, 0.4) is 0 Å². The van der Waals surface area contributed by atoms with Gasteiger partial charge in [-0.2, -0.15) is 0 Å². The van der Waals surface area contributed by atoms with Crippen molar-refractivity contribution in [1.82, 2.24) is 10.2 Å². The van der Waals surface area contributed by atoms with E-state index in [-0.39, 0.29) is 0 Å². The predicted octanol–water partition coefficient (Wildman–Crippen LogP) is 2.76. The van der Waals surface area contributed by atoms with E-state index < -0.39 is 11.9 Å². The first-order valence-electron chi connectivity index (χ1n) is 7.07. The molecule has 1 saturated heterocycles. The molecule has 5 heteroatoms. The van der Waals surface area contributed by atoms with E-state index in [1.54, 1.807) is 13.1 Å². The Kier molecular flexibility index (Phi) is 3.55. The van der Waals surface area contributed by atoms with Gasteiger partial charge in [0, 0.05) is 12.6 Å². The number of nitrogens with zero attached hydrogens (tertiary/aromatic N) is 1. The van der Waals surface area contributed by atoms with Crippen LogP contribution in [0.15, 0.2) is 42.1 Å². The molecule has 1 N–H and O–H groups in total. The number of likely N-dealkylation sites (N-methyl/N-ethyl adjacent to an activating group) is 1. The highest BCUT2D eigenvalue weighted by Gasteiger charge is 2.30. The molecule has 0 unspecified atom stereocenters. The van der Waals surface area contributed by atoms with E-state index in [1.807, 2.05) is 43.3 Å². The van der Waals surface area contributed by atoms with Gasteiger partial charge in [-0.3, -0.25) is 15.0 Å². The molecule has 1 fully saturated rings. The lowest BCUT2D eigenvalue weighted by atomic mass is 10.0. The monoisotopic (exact) mass is 296 g/mol. The van der Waals surface area contributed by atoms with Crippen LogP contribution in [-0.2, 0) is 4.79 Å². The summed E-state index contributed by atoms with van der Waals surface area (Å²) >= 11 is 0. The van der Waals surface area contributed by atoms with Gasteiger partial charge in [-0.05, 0) is 29.8 Å². The SMILES string of the molecule is CCOc1ccc2ccccc2c1C=C1C(=O)NC(=O)N1C. The molecule has 3 amide bonds. The first-order valence-corrected chi connectivity index (χ1v) is 7.07. The average molecular weight is 296 g/mol. The van der Waals surface area contributed by atoms with Gasteiger partial charge in [0.1, 0.15) is 11.4 Å². The highest BCUT2D eigenvalue weighted by Crippen LogP contribution is 2.31. The minimum atomic E-state index is -0.422. The number of urea groups is 1. The normalized spacial score (nSPS) is 16.5. The maximum atomic E-state index is 11.9. The zero-order valence-corrected chi connectivity index (χ0v) is 12.4. The molecule has 1 aliphatic rings. The Balaban J connectivity index is 2.22. The van der Waals surface area contributed by atoms with Gasteiger partial charge in [-0.25, -0.2) is 4.79 Å². The molecule has 1 heterocycles. The van der Waals surface area contributed by atoms with Crippen LogP contribution in [0.1, 0.15) is 12.5 Å². The zero-order chi connectivity index (χ0) is 15.7. The Labute approximate surface area is 128 Å². The van der Waals surface area contributed by atoms with E-state index >= 15 is 0 Å². The lowest BCUT2D eigenvalue weighted by molar-refractivity contribution is -0.115. The van der Waals surface area contributed by atoms with Crippen molar-refractivity contribution in [2.24, 2.45) is 0 Å². The summed E-state index contributed by atoms with van der Waals surface area (Å²) in [4.78, 5) is 24.8. The summed E-state index contributed by atoms with van der Waals surface area (Å²) in [5, 5.41) is 4.30. The lowest BCUT2D eigenvalue weighted by Gasteiger charge is -2.13. The fourth-order valence-electron chi connectivity index (χ4n) is 2.51. The van der Waals surface area contributed by atoms with Crippen molar-refractivity contribution in [2.75, 3.05) is 13.7 Å². The third-order valence-corrected chi connectivity index (χ3v) is 3.63. The predicted molar refractivity (Wildman–Crippen MR) is 84.4 cm³/mol. The van der Waals surface area contributed by atoms with Gasteiger partial charge in [0.15, 0.2) is 0 Å². The van der Waals surface area contributed by atoms with Crippen LogP contribution in [0.2, 0.25) is 0 Å². The van der Waals surface area contributed by atoms with Crippen LogP contribution in [0.5, 0.6) is 5.75 Å². The Bertz CT molecular complexity index is 796. The maximum absolute atomic E-state index is 11.9. The molecule has 0 aliphatic carbocycles. The molecule has 3 rings (SSSR count). The molecule has 1 aliphatic heterocycles. The zero-order valence-electron chi connectivity index (χ0n) is 12.4. The summed E-state index contributed by atoms with van der Waals surface area (Å²) < 4.78 is 5.67.